The Kier molecular flexibility index (Phi) is 10.1. The lowest BCUT2D eigenvalue weighted by Crippen LogP contribution is -2.44. The Morgan fingerprint density at radius 2 is 1.32 bits per heavy atom. The Balaban J connectivity index is 1.03. The molecule has 1 fully saturated rings. The predicted octanol–water partition coefficient (Wildman–Crippen LogP) is 6.55. The molecule has 0 heterocycles. The summed E-state index contributed by atoms with van der Waals surface area (Å²) in [7, 11) is 0. The van der Waals surface area contributed by atoms with Crippen molar-refractivity contribution in [1.29, 1.82) is 0 Å². The van der Waals surface area contributed by atoms with E-state index in [1.165, 1.54) is 6.07 Å². The summed E-state index contributed by atoms with van der Waals surface area (Å²) < 4.78 is 12.1. The van der Waals surface area contributed by atoms with Crippen LogP contribution in [0.5, 0.6) is 17.2 Å². The second-order valence-corrected chi connectivity index (χ2v) is 10.7. The maximum Gasteiger partial charge on any atom is 0.337 e. The summed E-state index contributed by atoms with van der Waals surface area (Å²) >= 11 is 0. The number of aromatic carboxylic acids is 1. The highest BCUT2D eigenvalue weighted by Gasteiger charge is 2.23. The highest BCUT2D eigenvalue weighted by molar-refractivity contribution is 6.01. The molecule has 5 rings (SSSR count). The molecule has 4 N–H and O–H groups in total. The maximum atomic E-state index is 12.5. The Bertz CT molecular complexity index is 1550. The van der Waals surface area contributed by atoms with Gasteiger partial charge in [-0.2, -0.15) is 0 Å². The second-order valence-electron chi connectivity index (χ2n) is 10.7. The minimum atomic E-state index is -1.10. The van der Waals surface area contributed by atoms with E-state index in [4.69, 9.17) is 9.47 Å². The topological polar surface area (TPSA) is 126 Å². The number of carbonyl (C=O) groups excluding carboxylic acids is 2. The van der Waals surface area contributed by atoms with E-state index < -0.39 is 5.97 Å². The average Bonchev–Trinajstić information content (AvgIpc) is 3.03. The molecule has 4 aromatic rings. The van der Waals surface area contributed by atoms with Crippen LogP contribution in [-0.2, 0) is 17.8 Å². The Morgan fingerprint density at radius 3 is 2.00 bits per heavy atom. The fourth-order valence-electron chi connectivity index (χ4n) is 5.09. The van der Waals surface area contributed by atoms with Crippen LogP contribution in [0, 0.1) is 0 Å². The van der Waals surface area contributed by atoms with Crippen LogP contribution in [0.2, 0.25) is 0 Å². The van der Waals surface area contributed by atoms with Crippen LogP contribution < -0.4 is 25.4 Å². The molecule has 0 saturated heterocycles. The number of urea groups is 1. The first-order chi connectivity index (χ1) is 21.4. The van der Waals surface area contributed by atoms with Gasteiger partial charge in [0.1, 0.15) is 17.2 Å². The van der Waals surface area contributed by atoms with Crippen molar-refractivity contribution < 1.29 is 29.0 Å². The van der Waals surface area contributed by atoms with Crippen molar-refractivity contribution in [2.45, 2.75) is 50.8 Å². The molecule has 0 atom stereocenters. The maximum absolute atomic E-state index is 12.5. The monoisotopic (exact) mass is 593 g/mol. The van der Waals surface area contributed by atoms with Gasteiger partial charge in [0.15, 0.2) is 0 Å². The number of rotatable bonds is 11. The SMILES string of the molecule is O=C(Cc1ccc(Oc2ccc(OC3CCC(NC(=O)NCc4ccccc4)CC3)cc2)cc1)Nc1ccccc1C(=O)O. The van der Waals surface area contributed by atoms with E-state index in [0.29, 0.717) is 18.0 Å². The minimum Gasteiger partial charge on any atom is -0.490 e. The summed E-state index contributed by atoms with van der Waals surface area (Å²) in [6.45, 7) is 0.502. The summed E-state index contributed by atoms with van der Waals surface area (Å²) in [5.74, 6) is 0.636. The number of carbonyl (C=O) groups is 3. The molecule has 0 aliphatic heterocycles. The predicted molar refractivity (Wildman–Crippen MR) is 167 cm³/mol. The smallest absolute Gasteiger partial charge is 0.337 e. The molecule has 44 heavy (non-hydrogen) atoms. The van der Waals surface area contributed by atoms with E-state index >= 15 is 0 Å². The number of nitrogens with one attached hydrogen (secondary N) is 3. The number of carboxylic acids is 1. The third kappa shape index (κ3) is 8.84. The zero-order valence-corrected chi connectivity index (χ0v) is 24.2. The molecule has 3 amide bonds. The number of ether oxygens (including phenoxy) is 2. The summed E-state index contributed by atoms with van der Waals surface area (Å²) in [6.07, 6.45) is 3.63. The molecular weight excluding hydrogens is 558 g/mol. The van der Waals surface area contributed by atoms with Gasteiger partial charge in [-0.25, -0.2) is 9.59 Å². The van der Waals surface area contributed by atoms with Gasteiger partial charge in [-0.3, -0.25) is 4.79 Å². The van der Waals surface area contributed by atoms with E-state index in [1.54, 1.807) is 42.5 Å². The summed E-state index contributed by atoms with van der Waals surface area (Å²) in [4.78, 5) is 36.1. The third-order valence-corrected chi connectivity index (χ3v) is 7.39. The molecule has 1 saturated carbocycles. The van der Waals surface area contributed by atoms with Gasteiger partial charge in [0, 0.05) is 12.6 Å². The average molecular weight is 594 g/mol. The Morgan fingerprint density at radius 1 is 0.705 bits per heavy atom. The van der Waals surface area contributed by atoms with E-state index in [9.17, 15) is 19.5 Å². The lowest BCUT2D eigenvalue weighted by molar-refractivity contribution is -0.115. The number of benzene rings is 4. The van der Waals surface area contributed by atoms with Crippen molar-refractivity contribution in [3.8, 4) is 17.2 Å². The molecule has 0 bridgehead atoms. The first-order valence-electron chi connectivity index (χ1n) is 14.7. The number of amides is 3. The van der Waals surface area contributed by atoms with Crippen LogP contribution in [0.3, 0.4) is 0 Å². The van der Waals surface area contributed by atoms with Gasteiger partial charge in [-0.1, -0.05) is 54.6 Å². The normalized spacial score (nSPS) is 15.9. The standard InChI is InChI=1S/C35H35N3O6/c39-33(38-32-9-5-4-8-31(32)34(40)41)22-24-10-14-27(15-11-24)43-29-18-20-30(21-19-29)44-28-16-12-26(13-17-28)37-35(42)36-23-25-6-2-1-3-7-25/h1-11,14-15,18-21,26,28H,12-13,16-17,22-23H2,(H,38,39)(H,40,41)(H2,36,37,42). The molecule has 0 unspecified atom stereocenters. The molecule has 1 aliphatic rings. The second kappa shape index (κ2) is 14.7. The molecule has 9 heteroatoms. The van der Waals surface area contributed by atoms with Crippen LogP contribution in [0.15, 0.2) is 103 Å². The first kappa shape index (κ1) is 30.2. The van der Waals surface area contributed by atoms with Gasteiger partial charge in [-0.05, 0) is 85.3 Å². The van der Waals surface area contributed by atoms with Crippen molar-refractivity contribution in [1.82, 2.24) is 10.6 Å². The van der Waals surface area contributed by atoms with E-state index in [0.717, 1.165) is 42.6 Å². The molecule has 4 aromatic carbocycles. The molecule has 9 nitrogen and oxygen atoms in total. The van der Waals surface area contributed by atoms with Crippen LogP contribution in [0.4, 0.5) is 10.5 Å². The van der Waals surface area contributed by atoms with Gasteiger partial charge >= 0.3 is 12.0 Å². The van der Waals surface area contributed by atoms with Gasteiger partial charge in [0.2, 0.25) is 5.91 Å². The molecule has 226 valence electrons. The van der Waals surface area contributed by atoms with Crippen molar-refractivity contribution >= 4 is 23.6 Å². The van der Waals surface area contributed by atoms with Crippen molar-refractivity contribution in [2.75, 3.05) is 5.32 Å². The molecule has 0 aromatic heterocycles. The molecule has 0 radical (unpaired) electrons. The Hall–Kier alpha value is -5.31. The third-order valence-electron chi connectivity index (χ3n) is 7.39. The Labute approximate surface area is 256 Å². The quantitative estimate of drug-likeness (QED) is 0.156. The minimum absolute atomic E-state index is 0.0434. The van der Waals surface area contributed by atoms with Crippen LogP contribution in [-0.4, -0.2) is 35.2 Å². The van der Waals surface area contributed by atoms with Gasteiger partial charge in [-0.15, -0.1) is 0 Å². The number of carboxylic acid groups (broad SMARTS) is 1. The lowest BCUT2D eigenvalue weighted by Gasteiger charge is -2.29. The van der Waals surface area contributed by atoms with Crippen LogP contribution in [0.1, 0.15) is 47.2 Å². The van der Waals surface area contributed by atoms with E-state index in [1.807, 2.05) is 54.6 Å². The van der Waals surface area contributed by atoms with Gasteiger partial charge < -0.3 is 30.5 Å². The highest BCUT2D eigenvalue weighted by Crippen LogP contribution is 2.28. The fourth-order valence-corrected chi connectivity index (χ4v) is 5.09. The number of anilines is 1. The van der Waals surface area contributed by atoms with Gasteiger partial charge in [0.05, 0.1) is 23.8 Å². The molecule has 1 aliphatic carbocycles. The zero-order chi connectivity index (χ0) is 30.7. The van der Waals surface area contributed by atoms with Crippen molar-refractivity contribution in [3.63, 3.8) is 0 Å². The van der Waals surface area contributed by atoms with Crippen LogP contribution in [0.25, 0.3) is 0 Å². The largest absolute Gasteiger partial charge is 0.490 e. The van der Waals surface area contributed by atoms with Crippen molar-refractivity contribution in [2.24, 2.45) is 0 Å². The van der Waals surface area contributed by atoms with Crippen molar-refractivity contribution in [3.05, 3.63) is 120 Å². The lowest BCUT2D eigenvalue weighted by atomic mass is 9.93. The highest BCUT2D eigenvalue weighted by atomic mass is 16.5. The molecule has 0 spiro atoms. The first-order valence-corrected chi connectivity index (χ1v) is 14.7. The fraction of sp³-hybridized carbons (Fsp3) is 0.229. The summed E-state index contributed by atoms with van der Waals surface area (Å²) in [6, 6.07) is 30.7. The van der Waals surface area contributed by atoms with E-state index in [-0.39, 0.29) is 41.8 Å². The molecular formula is C35H35N3O6. The zero-order valence-electron chi connectivity index (χ0n) is 24.2. The van der Waals surface area contributed by atoms with Crippen LogP contribution >= 0.6 is 0 Å². The van der Waals surface area contributed by atoms with E-state index in [2.05, 4.69) is 16.0 Å². The van der Waals surface area contributed by atoms with Gasteiger partial charge in [0.25, 0.3) is 0 Å². The summed E-state index contributed by atoms with van der Waals surface area (Å²) in [5.41, 5.74) is 2.14. The number of hydrogen-bond acceptors (Lipinski definition) is 5. The number of para-hydroxylation sites is 1. The number of hydrogen-bond donors (Lipinski definition) is 4. The summed E-state index contributed by atoms with van der Waals surface area (Å²) in [5, 5.41) is 18.0.